The molecule has 0 amide bonds. The van der Waals surface area contributed by atoms with Gasteiger partial charge in [0.15, 0.2) is 0 Å². The fourth-order valence-corrected chi connectivity index (χ4v) is 3.40. The van der Waals surface area contributed by atoms with Crippen LogP contribution in [0.5, 0.6) is 5.75 Å². The molecule has 1 fully saturated rings. The summed E-state index contributed by atoms with van der Waals surface area (Å²) in [4.78, 5) is 1.74. The van der Waals surface area contributed by atoms with E-state index in [-0.39, 0.29) is 30.4 Å². The van der Waals surface area contributed by atoms with E-state index >= 15 is 0 Å². The zero-order valence-corrected chi connectivity index (χ0v) is 17.4. The maximum atomic E-state index is 13.9. The van der Waals surface area contributed by atoms with Crippen molar-refractivity contribution in [1.29, 1.82) is 0 Å². The Bertz CT molecular complexity index is 839. The van der Waals surface area contributed by atoms with Crippen molar-refractivity contribution in [1.82, 2.24) is 10.2 Å². The molecule has 3 rings (SSSR count). The van der Waals surface area contributed by atoms with Crippen molar-refractivity contribution >= 4 is 24.8 Å². The molecule has 174 valence electrons. The molecule has 2 aromatic carbocycles. The van der Waals surface area contributed by atoms with Gasteiger partial charge in [0.25, 0.3) is 0 Å². The molecule has 3 nitrogen and oxygen atoms in total. The molecule has 0 spiro atoms. The van der Waals surface area contributed by atoms with Gasteiger partial charge in [0.1, 0.15) is 11.6 Å². The standard InChI is InChI=1S/C19H17F7N2O.2ClH/c20-13-3-6-16(18(21,22)23)15(11-13)17(28-9-7-27-8-10-28)12-1-4-14(5-2-12)29-19(24,25)26;;/h1-6,11,17,27H,7-10H2;2*1H/t17-;;/m0../s1. The van der Waals surface area contributed by atoms with Crippen LogP contribution in [0.15, 0.2) is 42.5 Å². The van der Waals surface area contributed by atoms with Crippen LogP contribution in [-0.4, -0.2) is 37.4 Å². The zero-order valence-electron chi connectivity index (χ0n) is 15.8. The molecule has 2 aromatic rings. The van der Waals surface area contributed by atoms with Gasteiger partial charge < -0.3 is 10.1 Å². The maximum Gasteiger partial charge on any atom is 0.573 e. The molecule has 0 saturated carbocycles. The fourth-order valence-electron chi connectivity index (χ4n) is 3.40. The first kappa shape index (κ1) is 27.3. The van der Waals surface area contributed by atoms with E-state index in [1.807, 2.05) is 0 Å². The highest BCUT2D eigenvalue weighted by Gasteiger charge is 2.38. The number of rotatable bonds is 4. The van der Waals surface area contributed by atoms with E-state index in [0.29, 0.717) is 37.8 Å². The number of ether oxygens (including phenoxy) is 1. The summed E-state index contributed by atoms with van der Waals surface area (Å²) in [5.41, 5.74) is -0.973. The minimum atomic E-state index is -4.88. The Balaban J connectivity index is 0.00000240. The number of hydrogen-bond donors (Lipinski definition) is 1. The predicted molar refractivity (Wildman–Crippen MR) is 105 cm³/mol. The second kappa shape index (κ2) is 10.7. The fraction of sp³-hybridized carbons (Fsp3) is 0.368. The van der Waals surface area contributed by atoms with Gasteiger partial charge in [-0.2, -0.15) is 13.2 Å². The van der Waals surface area contributed by atoms with Crippen LogP contribution in [-0.2, 0) is 6.18 Å². The molecular formula is C19H19Cl2F7N2O. The topological polar surface area (TPSA) is 24.5 Å². The average molecular weight is 495 g/mol. The van der Waals surface area contributed by atoms with Gasteiger partial charge in [-0.25, -0.2) is 4.39 Å². The summed E-state index contributed by atoms with van der Waals surface area (Å²) in [6.45, 7) is 1.81. The van der Waals surface area contributed by atoms with Gasteiger partial charge in [0.05, 0.1) is 11.6 Å². The van der Waals surface area contributed by atoms with E-state index in [1.54, 1.807) is 4.90 Å². The van der Waals surface area contributed by atoms with E-state index in [0.717, 1.165) is 24.3 Å². The summed E-state index contributed by atoms with van der Waals surface area (Å²) >= 11 is 0. The van der Waals surface area contributed by atoms with Crippen LogP contribution in [0.2, 0.25) is 0 Å². The van der Waals surface area contributed by atoms with Crippen LogP contribution in [0.25, 0.3) is 0 Å². The van der Waals surface area contributed by atoms with E-state index in [2.05, 4.69) is 10.1 Å². The number of nitrogens with one attached hydrogen (secondary N) is 1. The monoisotopic (exact) mass is 494 g/mol. The van der Waals surface area contributed by atoms with E-state index in [9.17, 15) is 30.7 Å². The number of benzene rings is 2. The van der Waals surface area contributed by atoms with E-state index in [4.69, 9.17) is 0 Å². The van der Waals surface area contributed by atoms with Gasteiger partial charge in [-0.15, -0.1) is 38.0 Å². The highest BCUT2D eigenvalue weighted by Crippen LogP contribution is 2.40. The number of hydrogen-bond acceptors (Lipinski definition) is 3. The molecule has 0 aromatic heterocycles. The summed E-state index contributed by atoms with van der Waals surface area (Å²) in [6.07, 6.45) is -9.60. The second-order valence-corrected chi connectivity index (χ2v) is 6.53. The molecule has 1 aliphatic rings. The Morgan fingerprint density at radius 3 is 1.97 bits per heavy atom. The molecule has 31 heavy (non-hydrogen) atoms. The Kier molecular flexibility index (Phi) is 9.43. The highest BCUT2D eigenvalue weighted by molar-refractivity contribution is 5.85. The van der Waals surface area contributed by atoms with Gasteiger partial charge in [-0.05, 0) is 41.5 Å². The smallest absolute Gasteiger partial charge is 0.406 e. The van der Waals surface area contributed by atoms with Crippen molar-refractivity contribution in [2.24, 2.45) is 0 Å². The number of halogens is 9. The Hall–Kier alpha value is -1.75. The quantitative estimate of drug-likeness (QED) is 0.561. The Morgan fingerprint density at radius 2 is 1.45 bits per heavy atom. The summed E-state index contributed by atoms with van der Waals surface area (Å²) in [6, 6.07) is 5.86. The molecule has 1 N–H and O–H groups in total. The molecule has 1 atom stereocenters. The van der Waals surface area contributed by atoms with Crippen LogP contribution >= 0.6 is 24.8 Å². The second-order valence-electron chi connectivity index (χ2n) is 6.53. The van der Waals surface area contributed by atoms with Crippen molar-refractivity contribution in [3.8, 4) is 5.75 Å². The molecule has 12 heteroatoms. The van der Waals surface area contributed by atoms with Gasteiger partial charge in [0, 0.05) is 26.2 Å². The molecule has 0 unspecified atom stereocenters. The van der Waals surface area contributed by atoms with Gasteiger partial charge in [0.2, 0.25) is 0 Å². The number of nitrogens with zero attached hydrogens (tertiary/aromatic N) is 1. The third-order valence-corrected chi connectivity index (χ3v) is 4.56. The summed E-state index contributed by atoms with van der Waals surface area (Å²) in [5, 5.41) is 3.08. The van der Waals surface area contributed by atoms with Crippen molar-refractivity contribution in [3.63, 3.8) is 0 Å². The molecule has 0 aliphatic carbocycles. The van der Waals surface area contributed by atoms with Crippen LogP contribution < -0.4 is 10.1 Å². The van der Waals surface area contributed by atoms with Crippen molar-refractivity contribution < 1.29 is 35.5 Å². The van der Waals surface area contributed by atoms with E-state index in [1.165, 1.54) is 12.1 Å². The van der Waals surface area contributed by atoms with Gasteiger partial charge in [-0.3, -0.25) is 4.90 Å². The van der Waals surface area contributed by atoms with Crippen LogP contribution in [0.3, 0.4) is 0 Å². The summed E-state index contributed by atoms with van der Waals surface area (Å²) in [7, 11) is 0. The normalized spacial score (nSPS) is 16.1. The lowest BCUT2D eigenvalue weighted by Crippen LogP contribution is -2.45. The summed E-state index contributed by atoms with van der Waals surface area (Å²) < 4.78 is 95.6. The largest absolute Gasteiger partial charge is 0.573 e. The van der Waals surface area contributed by atoms with E-state index < -0.39 is 35.7 Å². The average Bonchev–Trinajstić information content (AvgIpc) is 2.62. The van der Waals surface area contributed by atoms with Crippen molar-refractivity contribution in [2.45, 2.75) is 18.6 Å². The van der Waals surface area contributed by atoms with Gasteiger partial charge >= 0.3 is 12.5 Å². The molecular weight excluding hydrogens is 476 g/mol. The molecule has 1 heterocycles. The molecule has 1 saturated heterocycles. The lowest BCUT2D eigenvalue weighted by molar-refractivity contribution is -0.274. The number of alkyl halides is 6. The lowest BCUT2D eigenvalue weighted by Gasteiger charge is -2.36. The van der Waals surface area contributed by atoms with Crippen LogP contribution in [0.4, 0.5) is 30.7 Å². The minimum absolute atomic E-state index is 0. The SMILES string of the molecule is Cl.Cl.Fc1ccc(C(F)(F)F)c([C@H](c2ccc(OC(F)(F)F)cc2)N2CCNCC2)c1. The summed E-state index contributed by atoms with van der Waals surface area (Å²) in [5.74, 6) is -1.32. The number of piperazine rings is 1. The van der Waals surface area contributed by atoms with Crippen LogP contribution in [0, 0.1) is 5.82 Å². The Morgan fingerprint density at radius 1 is 0.871 bits per heavy atom. The predicted octanol–water partition coefficient (Wildman–Crippen LogP) is 5.58. The molecule has 0 radical (unpaired) electrons. The first-order chi connectivity index (χ1) is 13.5. The minimum Gasteiger partial charge on any atom is -0.406 e. The zero-order chi connectivity index (χ0) is 21.2. The highest BCUT2D eigenvalue weighted by atomic mass is 35.5. The van der Waals surface area contributed by atoms with Crippen molar-refractivity contribution in [2.75, 3.05) is 26.2 Å². The first-order valence-electron chi connectivity index (χ1n) is 8.72. The van der Waals surface area contributed by atoms with Crippen LogP contribution in [0.1, 0.15) is 22.7 Å². The van der Waals surface area contributed by atoms with Gasteiger partial charge in [-0.1, -0.05) is 12.1 Å². The Labute approximate surface area is 186 Å². The van der Waals surface area contributed by atoms with Crippen molar-refractivity contribution in [3.05, 3.63) is 65.0 Å². The third-order valence-electron chi connectivity index (χ3n) is 4.56. The third kappa shape index (κ3) is 7.13. The molecule has 0 bridgehead atoms. The lowest BCUT2D eigenvalue weighted by atomic mass is 9.92. The maximum absolute atomic E-state index is 13.9. The first-order valence-corrected chi connectivity index (χ1v) is 8.72. The molecule has 1 aliphatic heterocycles.